The summed E-state index contributed by atoms with van der Waals surface area (Å²) in [4.78, 5) is 16.8. The van der Waals surface area contributed by atoms with Gasteiger partial charge in [-0.25, -0.2) is 4.98 Å². The predicted octanol–water partition coefficient (Wildman–Crippen LogP) is 4.02. The topological polar surface area (TPSA) is 81.9 Å². The number of ether oxygens (including phenoxy) is 1. The highest BCUT2D eigenvalue weighted by Gasteiger charge is 2.17. The zero-order valence-corrected chi connectivity index (χ0v) is 19.3. The third-order valence-electron chi connectivity index (χ3n) is 4.27. The highest BCUT2D eigenvalue weighted by atomic mass is 32.2. The Hall–Kier alpha value is -2.40. The summed E-state index contributed by atoms with van der Waals surface area (Å²) in [5, 5.41) is 12.3. The lowest BCUT2D eigenvalue weighted by Gasteiger charge is -2.10. The van der Waals surface area contributed by atoms with E-state index in [1.54, 1.807) is 30.2 Å². The molecule has 7 nitrogen and oxygen atoms in total. The molecule has 1 amide bonds. The molecule has 2 aromatic carbocycles. The Bertz CT molecular complexity index is 1110. The van der Waals surface area contributed by atoms with E-state index in [9.17, 15) is 4.79 Å². The normalized spacial score (nSPS) is 11.1. The molecule has 0 atom stereocenters. The largest absolute Gasteiger partial charge is 0.383 e. The minimum Gasteiger partial charge on any atom is -0.383 e. The number of methoxy groups -OCH3 is 1. The summed E-state index contributed by atoms with van der Waals surface area (Å²) in [5.74, 6) is 1.65. The molecule has 160 valence electrons. The summed E-state index contributed by atoms with van der Waals surface area (Å²) >= 11 is 4.68. The lowest BCUT2D eigenvalue weighted by molar-refractivity contribution is -0.118. The molecule has 0 aliphatic carbocycles. The monoisotopic (exact) mass is 471 g/mol. The molecular weight excluding hydrogens is 450 g/mol. The SMILES string of the molecule is COCCNC(=O)CSc1nnc(CSc2nc3ccccc3s2)n1-c1ccccc1. The Morgan fingerprint density at radius 3 is 2.71 bits per heavy atom. The van der Waals surface area contributed by atoms with Gasteiger partial charge in [-0.05, 0) is 24.3 Å². The van der Waals surface area contributed by atoms with Crippen LogP contribution < -0.4 is 5.32 Å². The molecule has 2 aromatic heterocycles. The van der Waals surface area contributed by atoms with Crippen LogP contribution in [-0.2, 0) is 15.3 Å². The molecule has 0 saturated heterocycles. The van der Waals surface area contributed by atoms with E-state index >= 15 is 0 Å². The number of fused-ring (bicyclic) bond motifs is 1. The summed E-state index contributed by atoms with van der Waals surface area (Å²) in [6, 6.07) is 18.1. The van der Waals surface area contributed by atoms with Crippen molar-refractivity contribution in [1.82, 2.24) is 25.1 Å². The lowest BCUT2D eigenvalue weighted by Crippen LogP contribution is -2.28. The number of para-hydroxylation sites is 2. The van der Waals surface area contributed by atoms with E-state index in [-0.39, 0.29) is 11.7 Å². The number of benzene rings is 2. The van der Waals surface area contributed by atoms with Gasteiger partial charge in [0, 0.05) is 19.3 Å². The lowest BCUT2D eigenvalue weighted by atomic mass is 10.3. The van der Waals surface area contributed by atoms with Crippen molar-refractivity contribution in [2.45, 2.75) is 15.2 Å². The number of hydrogen-bond acceptors (Lipinski definition) is 8. The van der Waals surface area contributed by atoms with Gasteiger partial charge in [-0.1, -0.05) is 53.9 Å². The van der Waals surface area contributed by atoms with Crippen LogP contribution in [-0.4, -0.2) is 51.7 Å². The maximum atomic E-state index is 12.1. The molecule has 0 aliphatic rings. The Morgan fingerprint density at radius 2 is 1.90 bits per heavy atom. The predicted molar refractivity (Wildman–Crippen MR) is 126 cm³/mol. The van der Waals surface area contributed by atoms with Gasteiger partial charge in [0.1, 0.15) is 5.82 Å². The van der Waals surface area contributed by atoms with Crippen molar-refractivity contribution in [1.29, 1.82) is 0 Å². The van der Waals surface area contributed by atoms with Crippen LogP contribution in [0.3, 0.4) is 0 Å². The Labute approximate surface area is 192 Å². The van der Waals surface area contributed by atoms with Crippen molar-refractivity contribution < 1.29 is 9.53 Å². The van der Waals surface area contributed by atoms with E-state index in [2.05, 4.69) is 26.6 Å². The summed E-state index contributed by atoms with van der Waals surface area (Å²) in [6.45, 7) is 0.981. The van der Waals surface area contributed by atoms with Gasteiger partial charge in [0.25, 0.3) is 0 Å². The number of nitrogens with zero attached hydrogens (tertiary/aromatic N) is 4. The zero-order valence-electron chi connectivity index (χ0n) is 16.9. The molecule has 4 aromatic rings. The fourth-order valence-electron chi connectivity index (χ4n) is 2.84. The first-order valence-corrected chi connectivity index (χ1v) is 12.4. The van der Waals surface area contributed by atoms with Gasteiger partial charge in [0.05, 0.1) is 28.3 Å². The first-order chi connectivity index (χ1) is 15.2. The molecule has 31 heavy (non-hydrogen) atoms. The Balaban J connectivity index is 1.49. The van der Waals surface area contributed by atoms with Crippen LogP contribution in [0.1, 0.15) is 5.82 Å². The number of hydrogen-bond donors (Lipinski definition) is 1. The number of carbonyl (C=O) groups is 1. The molecule has 0 unspecified atom stereocenters. The Kier molecular flexibility index (Phi) is 7.57. The third kappa shape index (κ3) is 5.65. The van der Waals surface area contributed by atoms with Gasteiger partial charge in [-0.15, -0.1) is 21.5 Å². The van der Waals surface area contributed by atoms with Crippen LogP contribution in [0.5, 0.6) is 0 Å². The van der Waals surface area contributed by atoms with E-state index in [0.717, 1.165) is 21.4 Å². The van der Waals surface area contributed by atoms with Gasteiger partial charge in [0.2, 0.25) is 5.91 Å². The van der Waals surface area contributed by atoms with Gasteiger partial charge >= 0.3 is 0 Å². The van der Waals surface area contributed by atoms with Crippen LogP contribution in [0.2, 0.25) is 0 Å². The number of thioether (sulfide) groups is 2. The number of nitrogens with one attached hydrogen (secondary N) is 1. The van der Waals surface area contributed by atoms with Crippen LogP contribution >= 0.6 is 34.9 Å². The molecule has 2 heterocycles. The van der Waals surface area contributed by atoms with Crippen LogP contribution in [0.25, 0.3) is 15.9 Å². The van der Waals surface area contributed by atoms with E-state index in [4.69, 9.17) is 4.74 Å². The fraction of sp³-hybridized carbons (Fsp3) is 0.238. The zero-order chi connectivity index (χ0) is 21.5. The van der Waals surface area contributed by atoms with Crippen LogP contribution in [0.15, 0.2) is 64.1 Å². The molecule has 0 bridgehead atoms. The number of rotatable bonds is 10. The van der Waals surface area contributed by atoms with Gasteiger partial charge in [-0.3, -0.25) is 9.36 Å². The second kappa shape index (κ2) is 10.8. The molecule has 0 spiro atoms. The molecule has 10 heteroatoms. The van der Waals surface area contributed by atoms with E-state index in [1.807, 2.05) is 53.1 Å². The fourth-order valence-corrected chi connectivity index (χ4v) is 5.62. The summed E-state index contributed by atoms with van der Waals surface area (Å²) in [7, 11) is 1.61. The van der Waals surface area contributed by atoms with Crippen molar-refractivity contribution >= 4 is 51.0 Å². The van der Waals surface area contributed by atoms with Crippen LogP contribution in [0.4, 0.5) is 0 Å². The van der Waals surface area contributed by atoms with E-state index in [1.165, 1.54) is 16.5 Å². The summed E-state index contributed by atoms with van der Waals surface area (Å²) in [6.07, 6.45) is 0. The Morgan fingerprint density at radius 1 is 1.10 bits per heavy atom. The third-order valence-corrected chi connectivity index (χ3v) is 7.38. The number of carbonyl (C=O) groups excluding carboxylic acids is 1. The van der Waals surface area contributed by atoms with Gasteiger partial charge in [0.15, 0.2) is 9.50 Å². The van der Waals surface area contributed by atoms with Crippen LogP contribution in [0, 0.1) is 0 Å². The van der Waals surface area contributed by atoms with E-state index < -0.39 is 0 Å². The molecule has 0 aliphatic heterocycles. The highest BCUT2D eigenvalue weighted by Crippen LogP contribution is 2.32. The molecule has 1 N–H and O–H groups in total. The number of aromatic nitrogens is 4. The van der Waals surface area contributed by atoms with E-state index in [0.29, 0.717) is 24.1 Å². The number of amides is 1. The standard InChI is InChI=1S/C21H21N5O2S3/c1-28-12-11-22-19(27)14-29-20-25-24-18(26(20)15-7-3-2-4-8-15)13-30-21-23-16-9-5-6-10-17(16)31-21/h2-10H,11-14H2,1H3,(H,22,27). The molecule has 4 rings (SSSR count). The maximum absolute atomic E-state index is 12.1. The van der Waals surface area contributed by atoms with Gasteiger partial charge < -0.3 is 10.1 Å². The highest BCUT2D eigenvalue weighted by molar-refractivity contribution is 8.00. The molecular formula is C21H21N5O2S3. The van der Waals surface area contributed by atoms with Crippen molar-refractivity contribution in [2.24, 2.45) is 0 Å². The second-order valence-electron chi connectivity index (χ2n) is 6.44. The second-order valence-corrected chi connectivity index (χ2v) is 9.63. The average Bonchev–Trinajstić information content (AvgIpc) is 3.40. The summed E-state index contributed by atoms with van der Waals surface area (Å²) < 4.78 is 9.14. The van der Waals surface area contributed by atoms with Gasteiger partial charge in [-0.2, -0.15) is 0 Å². The quantitative estimate of drug-likeness (QED) is 0.276. The first kappa shape index (κ1) is 21.8. The molecule has 0 saturated carbocycles. The summed E-state index contributed by atoms with van der Waals surface area (Å²) in [5.41, 5.74) is 1.98. The van der Waals surface area contributed by atoms with Crippen molar-refractivity contribution in [3.8, 4) is 5.69 Å². The number of thiazole rings is 1. The molecule has 0 radical (unpaired) electrons. The van der Waals surface area contributed by atoms with Crippen molar-refractivity contribution in [3.63, 3.8) is 0 Å². The maximum Gasteiger partial charge on any atom is 0.230 e. The van der Waals surface area contributed by atoms with Crippen molar-refractivity contribution in [2.75, 3.05) is 26.0 Å². The molecule has 0 fully saturated rings. The minimum atomic E-state index is -0.0601. The minimum absolute atomic E-state index is 0.0601. The smallest absolute Gasteiger partial charge is 0.230 e. The van der Waals surface area contributed by atoms with Crippen molar-refractivity contribution in [3.05, 3.63) is 60.4 Å². The first-order valence-electron chi connectivity index (χ1n) is 9.61. The average molecular weight is 472 g/mol.